The normalized spacial score (nSPS) is 25.0. The summed E-state index contributed by atoms with van der Waals surface area (Å²) in [6.45, 7) is 9.36. The van der Waals surface area contributed by atoms with E-state index in [-0.39, 0.29) is 29.4 Å². The Kier molecular flexibility index (Phi) is 8.86. The lowest BCUT2D eigenvalue weighted by Gasteiger charge is -2.41. The summed E-state index contributed by atoms with van der Waals surface area (Å²) in [5.41, 5.74) is 1.43. The van der Waals surface area contributed by atoms with Crippen molar-refractivity contribution in [1.82, 2.24) is 10.2 Å². The molecule has 0 spiro atoms. The van der Waals surface area contributed by atoms with Gasteiger partial charge in [0, 0.05) is 45.3 Å². The molecule has 3 rings (SSSR count). The first kappa shape index (κ1) is 23.3. The lowest BCUT2D eigenvalue weighted by atomic mass is 9.74. The summed E-state index contributed by atoms with van der Waals surface area (Å²) in [5, 5.41) is 3.71. The third-order valence-corrected chi connectivity index (χ3v) is 6.12. The van der Waals surface area contributed by atoms with Crippen molar-refractivity contribution >= 4 is 29.9 Å². The fourth-order valence-corrected chi connectivity index (χ4v) is 4.69. The van der Waals surface area contributed by atoms with E-state index in [0.29, 0.717) is 11.8 Å². The molecule has 0 bridgehead atoms. The molecule has 6 heteroatoms. The highest BCUT2D eigenvalue weighted by atomic mass is 127. The number of nitrogens with one attached hydrogen (secondary N) is 1. The summed E-state index contributed by atoms with van der Waals surface area (Å²) < 4.78 is 11.0. The predicted molar refractivity (Wildman–Crippen MR) is 126 cm³/mol. The first-order valence-electron chi connectivity index (χ1n) is 10.2. The zero-order valence-electron chi connectivity index (χ0n) is 17.7. The van der Waals surface area contributed by atoms with Crippen LogP contribution >= 0.6 is 24.0 Å². The van der Waals surface area contributed by atoms with Gasteiger partial charge in [0.15, 0.2) is 5.96 Å². The van der Waals surface area contributed by atoms with Crippen LogP contribution in [-0.2, 0) is 10.2 Å². The highest BCUT2D eigenvalue weighted by molar-refractivity contribution is 14.0. The molecule has 1 aromatic carbocycles. The Morgan fingerprint density at radius 3 is 2.32 bits per heavy atom. The highest BCUT2D eigenvalue weighted by Gasteiger charge is 2.35. The Labute approximate surface area is 187 Å². The van der Waals surface area contributed by atoms with Crippen LogP contribution < -0.4 is 10.1 Å². The maximum absolute atomic E-state index is 5.68. The molecular weight excluding hydrogens is 465 g/mol. The number of benzene rings is 1. The number of guanidine groups is 1. The number of aliphatic imine (C=N–C) groups is 1. The summed E-state index contributed by atoms with van der Waals surface area (Å²) in [6.07, 6.45) is 3.35. The molecule has 2 fully saturated rings. The van der Waals surface area contributed by atoms with Crippen molar-refractivity contribution in [2.45, 2.75) is 38.5 Å². The molecule has 2 atom stereocenters. The molecular formula is C22H36IN3O2. The molecule has 2 saturated heterocycles. The van der Waals surface area contributed by atoms with Gasteiger partial charge in [-0.15, -0.1) is 24.0 Å². The maximum atomic E-state index is 5.68. The van der Waals surface area contributed by atoms with Gasteiger partial charge in [-0.1, -0.05) is 26.0 Å². The number of hydrogen-bond donors (Lipinski definition) is 1. The van der Waals surface area contributed by atoms with Crippen molar-refractivity contribution in [3.8, 4) is 5.75 Å². The van der Waals surface area contributed by atoms with Gasteiger partial charge < -0.3 is 19.7 Å². The number of rotatable bonds is 4. The Hall–Kier alpha value is -1.02. The Bertz CT molecular complexity index is 619. The minimum atomic E-state index is 0. The van der Waals surface area contributed by atoms with Gasteiger partial charge in [0.25, 0.3) is 0 Å². The van der Waals surface area contributed by atoms with Crippen molar-refractivity contribution in [3.05, 3.63) is 29.8 Å². The van der Waals surface area contributed by atoms with E-state index < -0.39 is 0 Å². The van der Waals surface area contributed by atoms with E-state index in [9.17, 15) is 0 Å². The van der Waals surface area contributed by atoms with E-state index in [1.165, 1.54) is 12.0 Å². The van der Waals surface area contributed by atoms with Gasteiger partial charge in [0.1, 0.15) is 5.75 Å². The van der Waals surface area contributed by atoms with Gasteiger partial charge in [-0.3, -0.25) is 4.99 Å². The third kappa shape index (κ3) is 5.53. The van der Waals surface area contributed by atoms with Crippen LogP contribution in [0, 0.1) is 11.8 Å². The molecule has 158 valence electrons. The van der Waals surface area contributed by atoms with Crippen LogP contribution in [0.2, 0.25) is 0 Å². The number of piperidine rings is 1. The molecule has 0 aliphatic carbocycles. The highest BCUT2D eigenvalue weighted by Crippen LogP contribution is 2.35. The number of halogens is 1. The zero-order valence-corrected chi connectivity index (χ0v) is 20.1. The SMILES string of the molecule is CN=C(NCC1(c2ccc(OC)cc2)CCOCC1)N1CC(C)CC(C)C1.I. The van der Waals surface area contributed by atoms with Crippen LogP contribution in [-0.4, -0.2) is 57.9 Å². The largest absolute Gasteiger partial charge is 0.497 e. The molecule has 1 aromatic rings. The fourth-order valence-electron chi connectivity index (χ4n) is 4.69. The molecule has 2 unspecified atom stereocenters. The van der Waals surface area contributed by atoms with E-state index in [2.05, 4.69) is 53.3 Å². The van der Waals surface area contributed by atoms with Crippen molar-refractivity contribution in [3.63, 3.8) is 0 Å². The van der Waals surface area contributed by atoms with Crippen molar-refractivity contribution in [2.24, 2.45) is 16.8 Å². The van der Waals surface area contributed by atoms with Crippen LogP contribution in [0.1, 0.15) is 38.7 Å². The van der Waals surface area contributed by atoms with Gasteiger partial charge in [0.2, 0.25) is 0 Å². The summed E-state index contributed by atoms with van der Waals surface area (Å²) >= 11 is 0. The van der Waals surface area contributed by atoms with Gasteiger partial charge in [-0.2, -0.15) is 0 Å². The summed E-state index contributed by atoms with van der Waals surface area (Å²) in [6, 6.07) is 8.55. The molecule has 2 aliphatic heterocycles. The average Bonchev–Trinajstić information content (AvgIpc) is 2.68. The Morgan fingerprint density at radius 2 is 1.79 bits per heavy atom. The maximum Gasteiger partial charge on any atom is 0.193 e. The zero-order chi connectivity index (χ0) is 19.3. The van der Waals surface area contributed by atoms with E-state index >= 15 is 0 Å². The van der Waals surface area contributed by atoms with Crippen molar-refractivity contribution in [2.75, 3.05) is 47.0 Å². The number of likely N-dealkylation sites (tertiary alicyclic amines) is 1. The quantitative estimate of drug-likeness (QED) is 0.386. The second kappa shape index (κ2) is 10.7. The monoisotopic (exact) mass is 501 g/mol. The van der Waals surface area contributed by atoms with Gasteiger partial charge in [-0.25, -0.2) is 0 Å². The van der Waals surface area contributed by atoms with Crippen molar-refractivity contribution in [1.29, 1.82) is 0 Å². The van der Waals surface area contributed by atoms with Crippen LogP contribution in [0.4, 0.5) is 0 Å². The number of nitrogens with zero attached hydrogens (tertiary/aromatic N) is 2. The number of ether oxygens (including phenoxy) is 2. The van der Waals surface area contributed by atoms with Gasteiger partial charge in [-0.05, 0) is 48.8 Å². The fraction of sp³-hybridized carbons (Fsp3) is 0.682. The summed E-state index contributed by atoms with van der Waals surface area (Å²) in [5.74, 6) is 3.37. The Balaban J connectivity index is 0.00000280. The molecule has 28 heavy (non-hydrogen) atoms. The smallest absolute Gasteiger partial charge is 0.193 e. The molecule has 2 aliphatic rings. The van der Waals surface area contributed by atoms with Crippen molar-refractivity contribution < 1.29 is 9.47 Å². The van der Waals surface area contributed by atoms with Crippen LogP contribution in [0.25, 0.3) is 0 Å². The standard InChI is InChI=1S/C22H35N3O2.HI/c1-17-13-18(2)15-25(14-17)21(23-3)24-16-22(9-11-27-12-10-22)19-5-7-20(26-4)8-6-19;/h5-8,17-18H,9-16H2,1-4H3,(H,23,24);1H. The second-order valence-corrected chi connectivity index (χ2v) is 8.37. The van der Waals surface area contributed by atoms with E-state index in [4.69, 9.17) is 9.47 Å². The minimum absolute atomic E-state index is 0. The Morgan fingerprint density at radius 1 is 1.18 bits per heavy atom. The second-order valence-electron chi connectivity index (χ2n) is 8.37. The molecule has 5 nitrogen and oxygen atoms in total. The topological polar surface area (TPSA) is 46.1 Å². The van der Waals surface area contributed by atoms with Crippen LogP contribution in [0.5, 0.6) is 5.75 Å². The van der Waals surface area contributed by atoms with Gasteiger partial charge >= 0.3 is 0 Å². The van der Waals surface area contributed by atoms with Gasteiger partial charge in [0.05, 0.1) is 7.11 Å². The third-order valence-electron chi connectivity index (χ3n) is 6.12. The molecule has 0 aromatic heterocycles. The van der Waals surface area contributed by atoms with Crippen LogP contribution in [0.3, 0.4) is 0 Å². The lowest BCUT2D eigenvalue weighted by molar-refractivity contribution is 0.0510. The molecule has 0 saturated carbocycles. The lowest BCUT2D eigenvalue weighted by Crippen LogP contribution is -2.52. The molecule has 2 heterocycles. The minimum Gasteiger partial charge on any atom is -0.497 e. The van der Waals surface area contributed by atoms with Crippen LogP contribution in [0.15, 0.2) is 29.3 Å². The predicted octanol–water partition coefficient (Wildman–Crippen LogP) is 3.91. The van der Waals surface area contributed by atoms with E-state index in [1.54, 1.807) is 7.11 Å². The molecule has 1 N–H and O–H groups in total. The molecule has 0 radical (unpaired) electrons. The van der Waals surface area contributed by atoms with E-state index in [1.807, 2.05) is 7.05 Å². The first-order chi connectivity index (χ1) is 13.1. The first-order valence-corrected chi connectivity index (χ1v) is 10.2. The summed E-state index contributed by atoms with van der Waals surface area (Å²) in [4.78, 5) is 7.03. The molecule has 0 amide bonds. The summed E-state index contributed by atoms with van der Waals surface area (Å²) in [7, 11) is 3.61. The average molecular weight is 501 g/mol. The van der Waals surface area contributed by atoms with E-state index in [0.717, 1.165) is 57.4 Å². The number of methoxy groups -OCH3 is 1. The number of hydrogen-bond acceptors (Lipinski definition) is 3.